The summed E-state index contributed by atoms with van der Waals surface area (Å²) in [5.74, 6) is 0.678. The molecule has 0 atom stereocenters. The highest BCUT2D eigenvalue weighted by molar-refractivity contribution is 9.10. The van der Waals surface area contributed by atoms with Crippen molar-refractivity contribution in [2.75, 3.05) is 32.0 Å². The fourth-order valence-corrected chi connectivity index (χ4v) is 1.12. The van der Waals surface area contributed by atoms with E-state index in [0.29, 0.717) is 5.95 Å². The molecule has 5 heteroatoms. The van der Waals surface area contributed by atoms with Crippen LogP contribution in [0, 0.1) is 0 Å². The molecular formula is C9H15BrN4. The van der Waals surface area contributed by atoms with Gasteiger partial charge in [0.1, 0.15) is 0 Å². The van der Waals surface area contributed by atoms with E-state index >= 15 is 0 Å². The highest BCUT2D eigenvalue weighted by atomic mass is 79.9. The molecule has 0 radical (unpaired) electrons. The number of halogens is 1. The van der Waals surface area contributed by atoms with Crippen LogP contribution in [0.15, 0.2) is 16.9 Å². The minimum absolute atomic E-state index is 0.678. The second kappa shape index (κ2) is 5.93. The third kappa shape index (κ3) is 4.02. The van der Waals surface area contributed by atoms with Crippen molar-refractivity contribution in [2.24, 2.45) is 0 Å². The van der Waals surface area contributed by atoms with Crippen molar-refractivity contribution in [3.63, 3.8) is 0 Å². The maximum atomic E-state index is 4.11. The molecular weight excluding hydrogens is 244 g/mol. The summed E-state index contributed by atoms with van der Waals surface area (Å²) in [5, 5.41) is 3.15. The Kier molecular flexibility index (Phi) is 4.82. The summed E-state index contributed by atoms with van der Waals surface area (Å²) in [5.41, 5.74) is 0. The summed E-state index contributed by atoms with van der Waals surface area (Å²) in [6, 6.07) is 0. The van der Waals surface area contributed by atoms with Gasteiger partial charge in [0.25, 0.3) is 0 Å². The predicted molar refractivity (Wildman–Crippen MR) is 61.4 cm³/mol. The number of rotatable bonds is 5. The number of anilines is 1. The average molecular weight is 259 g/mol. The maximum absolute atomic E-state index is 4.11. The minimum Gasteiger partial charge on any atom is -0.353 e. The third-order valence-corrected chi connectivity index (χ3v) is 2.35. The fourth-order valence-electron chi connectivity index (χ4n) is 0.920. The molecule has 0 aromatic carbocycles. The van der Waals surface area contributed by atoms with Crippen LogP contribution >= 0.6 is 15.9 Å². The van der Waals surface area contributed by atoms with Gasteiger partial charge in [0.05, 0.1) is 4.47 Å². The van der Waals surface area contributed by atoms with Crippen LogP contribution < -0.4 is 5.32 Å². The summed E-state index contributed by atoms with van der Waals surface area (Å²) in [6.07, 6.45) is 3.47. The molecule has 0 saturated heterocycles. The normalized spacial score (nSPS) is 10.6. The molecule has 14 heavy (non-hydrogen) atoms. The largest absolute Gasteiger partial charge is 0.353 e. The molecule has 1 heterocycles. The van der Waals surface area contributed by atoms with Crippen LogP contribution in [0.3, 0.4) is 0 Å². The molecule has 1 N–H and O–H groups in total. The summed E-state index contributed by atoms with van der Waals surface area (Å²) < 4.78 is 0.897. The number of nitrogens with one attached hydrogen (secondary N) is 1. The first-order valence-corrected chi connectivity index (χ1v) is 5.41. The first-order valence-electron chi connectivity index (χ1n) is 4.62. The van der Waals surface area contributed by atoms with Crippen LogP contribution in [0.4, 0.5) is 5.95 Å². The molecule has 1 rings (SSSR count). The Morgan fingerprint density at radius 3 is 2.64 bits per heavy atom. The van der Waals surface area contributed by atoms with Gasteiger partial charge in [0, 0.05) is 25.5 Å². The number of nitrogens with zero attached hydrogens (tertiary/aromatic N) is 3. The van der Waals surface area contributed by atoms with E-state index in [-0.39, 0.29) is 0 Å². The molecule has 0 fully saturated rings. The smallest absolute Gasteiger partial charge is 0.222 e. The van der Waals surface area contributed by atoms with E-state index in [0.717, 1.165) is 24.1 Å². The lowest BCUT2D eigenvalue weighted by molar-refractivity contribution is 0.367. The fraction of sp³-hybridized carbons (Fsp3) is 0.556. The van der Waals surface area contributed by atoms with Crippen LogP contribution in [0.1, 0.15) is 6.92 Å². The van der Waals surface area contributed by atoms with Gasteiger partial charge in [-0.3, -0.25) is 0 Å². The maximum Gasteiger partial charge on any atom is 0.222 e. The Morgan fingerprint density at radius 2 is 2.07 bits per heavy atom. The minimum atomic E-state index is 0.678. The van der Waals surface area contributed by atoms with Gasteiger partial charge < -0.3 is 10.2 Å². The van der Waals surface area contributed by atoms with E-state index in [9.17, 15) is 0 Å². The molecule has 1 aromatic rings. The van der Waals surface area contributed by atoms with Crippen molar-refractivity contribution >= 4 is 21.9 Å². The van der Waals surface area contributed by atoms with Crippen molar-refractivity contribution in [1.29, 1.82) is 0 Å². The van der Waals surface area contributed by atoms with Gasteiger partial charge in [-0.15, -0.1) is 0 Å². The SMILES string of the molecule is CCN(C)CCNc1ncc(Br)cn1. The Bertz CT molecular complexity index is 262. The van der Waals surface area contributed by atoms with Gasteiger partial charge in [-0.2, -0.15) is 0 Å². The van der Waals surface area contributed by atoms with E-state index < -0.39 is 0 Å². The van der Waals surface area contributed by atoms with E-state index in [1.807, 2.05) is 0 Å². The molecule has 0 unspecified atom stereocenters. The number of hydrogen-bond acceptors (Lipinski definition) is 4. The van der Waals surface area contributed by atoms with Gasteiger partial charge in [-0.05, 0) is 29.5 Å². The Morgan fingerprint density at radius 1 is 1.43 bits per heavy atom. The van der Waals surface area contributed by atoms with E-state index in [4.69, 9.17) is 0 Å². The molecule has 0 aliphatic carbocycles. The second-order valence-corrected chi connectivity index (χ2v) is 3.96. The lowest BCUT2D eigenvalue weighted by atomic mass is 10.5. The highest BCUT2D eigenvalue weighted by Crippen LogP contribution is 2.06. The quantitative estimate of drug-likeness (QED) is 0.872. The van der Waals surface area contributed by atoms with Crippen molar-refractivity contribution in [3.05, 3.63) is 16.9 Å². The second-order valence-electron chi connectivity index (χ2n) is 3.05. The zero-order chi connectivity index (χ0) is 10.4. The predicted octanol–water partition coefficient (Wildman–Crippen LogP) is 1.60. The lowest BCUT2D eigenvalue weighted by Gasteiger charge is -2.13. The Labute approximate surface area is 92.9 Å². The van der Waals surface area contributed by atoms with Gasteiger partial charge in [-0.25, -0.2) is 9.97 Å². The topological polar surface area (TPSA) is 41.0 Å². The van der Waals surface area contributed by atoms with Crippen molar-refractivity contribution in [1.82, 2.24) is 14.9 Å². The van der Waals surface area contributed by atoms with Crippen molar-refractivity contribution in [2.45, 2.75) is 6.92 Å². The first kappa shape index (κ1) is 11.4. The summed E-state index contributed by atoms with van der Waals surface area (Å²) in [7, 11) is 2.09. The molecule has 0 bridgehead atoms. The molecule has 1 aromatic heterocycles. The molecule has 4 nitrogen and oxygen atoms in total. The number of aromatic nitrogens is 2. The molecule has 0 aliphatic heterocycles. The third-order valence-electron chi connectivity index (χ3n) is 1.94. The first-order chi connectivity index (χ1) is 6.72. The van der Waals surface area contributed by atoms with Gasteiger partial charge in [0.15, 0.2) is 0 Å². The van der Waals surface area contributed by atoms with Gasteiger partial charge in [0.2, 0.25) is 5.95 Å². The van der Waals surface area contributed by atoms with Crippen LogP contribution in [-0.2, 0) is 0 Å². The van der Waals surface area contributed by atoms with Crippen molar-refractivity contribution in [3.8, 4) is 0 Å². The molecule has 0 saturated carbocycles. The number of hydrogen-bond donors (Lipinski definition) is 1. The standard InChI is InChI=1S/C9H15BrN4/c1-3-14(2)5-4-11-9-12-6-8(10)7-13-9/h6-7H,3-5H2,1-2H3,(H,11,12,13). The van der Waals surface area contributed by atoms with E-state index in [1.54, 1.807) is 12.4 Å². The van der Waals surface area contributed by atoms with Crippen LogP contribution in [0.5, 0.6) is 0 Å². The highest BCUT2D eigenvalue weighted by Gasteiger charge is 1.96. The van der Waals surface area contributed by atoms with Crippen LogP contribution in [-0.4, -0.2) is 41.5 Å². The molecule has 0 amide bonds. The average Bonchev–Trinajstić information content (AvgIpc) is 2.21. The number of likely N-dealkylation sites (N-methyl/N-ethyl adjacent to an activating group) is 1. The molecule has 0 spiro atoms. The summed E-state index contributed by atoms with van der Waals surface area (Å²) in [4.78, 5) is 10.5. The Hall–Kier alpha value is -0.680. The zero-order valence-corrected chi connectivity index (χ0v) is 10.1. The zero-order valence-electron chi connectivity index (χ0n) is 8.50. The summed E-state index contributed by atoms with van der Waals surface area (Å²) >= 11 is 3.29. The van der Waals surface area contributed by atoms with E-state index in [2.05, 4.69) is 50.1 Å². The van der Waals surface area contributed by atoms with Crippen LogP contribution in [0.2, 0.25) is 0 Å². The van der Waals surface area contributed by atoms with Crippen LogP contribution in [0.25, 0.3) is 0 Å². The van der Waals surface area contributed by atoms with Crippen molar-refractivity contribution < 1.29 is 0 Å². The van der Waals surface area contributed by atoms with Gasteiger partial charge >= 0.3 is 0 Å². The van der Waals surface area contributed by atoms with E-state index in [1.165, 1.54) is 0 Å². The Balaban J connectivity index is 2.28. The molecule has 78 valence electrons. The monoisotopic (exact) mass is 258 g/mol. The summed E-state index contributed by atoms with van der Waals surface area (Å²) in [6.45, 7) is 5.06. The lowest BCUT2D eigenvalue weighted by Crippen LogP contribution is -2.25. The van der Waals surface area contributed by atoms with Gasteiger partial charge in [-0.1, -0.05) is 6.92 Å². The molecule has 0 aliphatic rings.